The van der Waals surface area contributed by atoms with E-state index in [9.17, 15) is 8.42 Å². The SMILES string of the molecule is N#CC1CNCCN1S(=O)(=O)N1CCCCCC1. The highest BCUT2D eigenvalue weighted by molar-refractivity contribution is 7.86. The molecule has 2 aliphatic rings. The molecule has 0 bridgehead atoms. The second-order valence-corrected chi connectivity index (χ2v) is 6.66. The molecule has 1 unspecified atom stereocenters. The van der Waals surface area contributed by atoms with Crippen LogP contribution in [0.5, 0.6) is 0 Å². The number of hydrogen-bond acceptors (Lipinski definition) is 4. The van der Waals surface area contributed by atoms with Crippen molar-refractivity contribution < 1.29 is 8.42 Å². The molecule has 2 aliphatic heterocycles. The Bertz CT molecular complexity index is 409. The fourth-order valence-electron chi connectivity index (χ4n) is 2.49. The molecule has 1 atom stereocenters. The minimum atomic E-state index is -3.47. The molecule has 7 heteroatoms. The largest absolute Gasteiger partial charge is 0.313 e. The van der Waals surface area contributed by atoms with Gasteiger partial charge in [-0.2, -0.15) is 22.3 Å². The lowest BCUT2D eigenvalue weighted by atomic mass is 10.2. The van der Waals surface area contributed by atoms with E-state index in [1.54, 1.807) is 4.31 Å². The fourth-order valence-corrected chi connectivity index (χ4v) is 4.27. The van der Waals surface area contributed by atoms with Crippen molar-refractivity contribution in [2.45, 2.75) is 31.7 Å². The van der Waals surface area contributed by atoms with E-state index < -0.39 is 16.3 Å². The van der Waals surface area contributed by atoms with Crippen molar-refractivity contribution in [2.24, 2.45) is 0 Å². The summed E-state index contributed by atoms with van der Waals surface area (Å²) in [6, 6.07) is 1.50. The van der Waals surface area contributed by atoms with Gasteiger partial charge in [-0.25, -0.2) is 0 Å². The van der Waals surface area contributed by atoms with Gasteiger partial charge in [0, 0.05) is 32.7 Å². The van der Waals surface area contributed by atoms with E-state index in [1.807, 2.05) is 0 Å². The Labute approximate surface area is 109 Å². The van der Waals surface area contributed by atoms with E-state index >= 15 is 0 Å². The van der Waals surface area contributed by atoms with E-state index in [0.717, 1.165) is 25.7 Å². The highest BCUT2D eigenvalue weighted by atomic mass is 32.2. The van der Waals surface area contributed by atoms with E-state index in [-0.39, 0.29) is 0 Å². The van der Waals surface area contributed by atoms with Gasteiger partial charge in [0.25, 0.3) is 10.2 Å². The summed E-state index contributed by atoms with van der Waals surface area (Å²) in [4.78, 5) is 0. The smallest absolute Gasteiger partial charge is 0.283 e. The summed E-state index contributed by atoms with van der Waals surface area (Å²) in [6.07, 6.45) is 4.02. The first-order valence-electron chi connectivity index (χ1n) is 6.53. The second-order valence-electron chi connectivity index (χ2n) is 4.78. The van der Waals surface area contributed by atoms with Gasteiger partial charge in [0.2, 0.25) is 0 Å². The van der Waals surface area contributed by atoms with Crippen molar-refractivity contribution in [2.75, 3.05) is 32.7 Å². The standard InChI is InChI=1S/C11H20N4O2S/c12-9-11-10-13-5-8-15(11)18(16,17)14-6-3-1-2-4-7-14/h11,13H,1-8,10H2. The van der Waals surface area contributed by atoms with Crippen LogP contribution in [0, 0.1) is 11.3 Å². The molecule has 102 valence electrons. The molecule has 6 nitrogen and oxygen atoms in total. The number of hydrogen-bond donors (Lipinski definition) is 1. The van der Waals surface area contributed by atoms with Crippen LogP contribution in [-0.4, -0.2) is 55.8 Å². The molecule has 0 aromatic carbocycles. The predicted molar refractivity (Wildman–Crippen MR) is 67.9 cm³/mol. The van der Waals surface area contributed by atoms with Gasteiger partial charge in [-0.1, -0.05) is 12.8 Å². The number of nitrogens with zero attached hydrogens (tertiary/aromatic N) is 3. The summed E-state index contributed by atoms with van der Waals surface area (Å²) in [6.45, 7) is 2.60. The van der Waals surface area contributed by atoms with Crippen molar-refractivity contribution in [3.05, 3.63) is 0 Å². The molecule has 0 saturated carbocycles. The van der Waals surface area contributed by atoms with E-state index in [4.69, 9.17) is 5.26 Å². The van der Waals surface area contributed by atoms with Crippen LogP contribution < -0.4 is 5.32 Å². The maximum atomic E-state index is 12.5. The minimum Gasteiger partial charge on any atom is -0.313 e. The van der Waals surface area contributed by atoms with Gasteiger partial charge in [0.15, 0.2) is 0 Å². The molecule has 0 aliphatic carbocycles. The van der Waals surface area contributed by atoms with Crippen LogP contribution in [0.25, 0.3) is 0 Å². The molecule has 2 saturated heterocycles. The minimum absolute atomic E-state index is 0.386. The quantitative estimate of drug-likeness (QED) is 0.762. The molecule has 0 aromatic rings. The van der Waals surface area contributed by atoms with Crippen LogP contribution in [-0.2, 0) is 10.2 Å². The maximum absolute atomic E-state index is 12.5. The van der Waals surface area contributed by atoms with Crippen LogP contribution in [0.2, 0.25) is 0 Å². The number of piperazine rings is 1. The lowest BCUT2D eigenvalue weighted by Gasteiger charge is -2.34. The van der Waals surface area contributed by atoms with Crippen molar-refractivity contribution >= 4 is 10.2 Å². The van der Waals surface area contributed by atoms with Crippen molar-refractivity contribution in [3.63, 3.8) is 0 Å². The molecule has 0 aromatic heterocycles. The van der Waals surface area contributed by atoms with Crippen molar-refractivity contribution in [1.82, 2.24) is 13.9 Å². The third-order valence-corrected chi connectivity index (χ3v) is 5.58. The van der Waals surface area contributed by atoms with Crippen LogP contribution in [0.15, 0.2) is 0 Å². The Morgan fingerprint density at radius 2 is 1.78 bits per heavy atom. The highest BCUT2D eigenvalue weighted by Gasteiger charge is 2.36. The molecule has 18 heavy (non-hydrogen) atoms. The summed E-state index contributed by atoms with van der Waals surface area (Å²) in [7, 11) is -3.47. The molecule has 2 fully saturated rings. The molecular formula is C11H20N4O2S. The van der Waals surface area contributed by atoms with Gasteiger partial charge in [0.05, 0.1) is 6.07 Å². The third-order valence-electron chi connectivity index (χ3n) is 3.53. The molecule has 2 rings (SSSR count). The molecule has 0 spiro atoms. The lowest BCUT2D eigenvalue weighted by molar-refractivity contribution is 0.279. The van der Waals surface area contributed by atoms with Crippen molar-refractivity contribution in [3.8, 4) is 6.07 Å². The normalized spacial score (nSPS) is 28.5. The monoisotopic (exact) mass is 272 g/mol. The average Bonchev–Trinajstić information content (AvgIpc) is 2.68. The van der Waals surface area contributed by atoms with Gasteiger partial charge in [-0.05, 0) is 12.8 Å². The first kappa shape index (κ1) is 13.7. The predicted octanol–water partition coefficient (Wildman–Crippen LogP) is -0.0954. The summed E-state index contributed by atoms with van der Waals surface area (Å²) in [5.74, 6) is 0. The van der Waals surface area contributed by atoms with E-state index in [0.29, 0.717) is 32.7 Å². The van der Waals surface area contributed by atoms with Gasteiger partial charge >= 0.3 is 0 Å². The third kappa shape index (κ3) is 2.83. The van der Waals surface area contributed by atoms with Crippen LogP contribution in [0.1, 0.15) is 25.7 Å². The summed E-state index contributed by atoms with van der Waals surface area (Å²) in [5, 5.41) is 12.1. The Kier molecular flexibility index (Phi) is 4.56. The van der Waals surface area contributed by atoms with Gasteiger partial charge in [-0.3, -0.25) is 0 Å². The number of nitriles is 1. The molecule has 1 N–H and O–H groups in total. The summed E-state index contributed by atoms with van der Waals surface area (Å²) in [5.41, 5.74) is 0. The summed E-state index contributed by atoms with van der Waals surface area (Å²) >= 11 is 0. The highest BCUT2D eigenvalue weighted by Crippen LogP contribution is 2.18. The van der Waals surface area contributed by atoms with Crippen molar-refractivity contribution in [1.29, 1.82) is 5.26 Å². The van der Waals surface area contributed by atoms with Crippen LogP contribution in [0.3, 0.4) is 0 Å². The topological polar surface area (TPSA) is 76.4 Å². The van der Waals surface area contributed by atoms with Gasteiger partial charge in [-0.15, -0.1) is 0 Å². The van der Waals surface area contributed by atoms with Gasteiger partial charge < -0.3 is 5.32 Å². The maximum Gasteiger partial charge on any atom is 0.283 e. The van der Waals surface area contributed by atoms with E-state index in [2.05, 4.69) is 11.4 Å². The molecular weight excluding hydrogens is 252 g/mol. The second kappa shape index (κ2) is 5.97. The zero-order valence-corrected chi connectivity index (χ0v) is 11.3. The number of nitrogens with one attached hydrogen (secondary N) is 1. The Morgan fingerprint density at radius 3 is 2.39 bits per heavy atom. The Hall–Kier alpha value is -0.680. The summed E-state index contributed by atoms with van der Waals surface area (Å²) < 4.78 is 28.0. The first-order chi connectivity index (χ1) is 8.66. The van der Waals surface area contributed by atoms with Crippen LogP contribution >= 0.6 is 0 Å². The average molecular weight is 272 g/mol. The molecule has 0 radical (unpaired) electrons. The van der Waals surface area contributed by atoms with Gasteiger partial charge in [0.1, 0.15) is 6.04 Å². The zero-order chi connectivity index (χ0) is 13.0. The van der Waals surface area contributed by atoms with Crippen LogP contribution in [0.4, 0.5) is 0 Å². The Balaban J connectivity index is 2.15. The first-order valence-corrected chi connectivity index (χ1v) is 7.93. The number of rotatable bonds is 2. The Morgan fingerprint density at radius 1 is 1.11 bits per heavy atom. The zero-order valence-electron chi connectivity index (χ0n) is 10.5. The fraction of sp³-hybridized carbons (Fsp3) is 0.909. The van der Waals surface area contributed by atoms with E-state index in [1.165, 1.54) is 4.31 Å². The molecule has 0 amide bonds. The molecule has 2 heterocycles. The lowest BCUT2D eigenvalue weighted by Crippen LogP contribution is -2.56.